The van der Waals surface area contributed by atoms with E-state index >= 15 is 0 Å². The third-order valence-electron chi connectivity index (χ3n) is 6.40. The molecule has 0 bridgehead atoms. The first kappa shape index (κ1) is 26.1. The van der Waals surface area contributed by atoms with Crippen molar-refractivity contribution in [1.82, 2.24) is 4.98 Å². The SMILES string of the molecule is CCOc1ccc(/C(O)=C2\C(=O)C(=O)N(c3nc4ccc(OC)cc4s3)[C@@H]2c2cccc(OC)c2OC)cc1. The van der Waals surface area contributed by atoms with Crippen LogP contribution in [-0.4, -0.2) is 49.7 Å². The number of aliphatic hydroxyl groups is 1. The highest BCUT2D eigenvalue weighted by Crippen LogP contribution is 2.48. The highest BCUT2D eigenvalue weighted by Gasteiger charge is 2.49. The normalized spacial score (nSPS) is 16.5. The number of aromatic nitrogens is 1. The van der Waals surface area contributed by atoms with E-state index in [2.05, 4.69) is 4.98 Å². The Kier molecular flexibility index (Phi) is 7.12. The third kappa shape index (κ3) is 4.52. The minimum Gasteiger partial charge on any atom is -0.507 e. The van der Waals surface area contributed by atoms with Crippen LogP contribution in [0.2, 0.25) is 0 Å². The number of hydrogen-bond acceptors (Lipinski definition) is 9. The number of hydrogen-bond donors (Lipinski definition) is 1. The van der Waals surface area contributed by atoms with Gasteiger partial charge < -0.3 is 24.1 Å². The zero-order valence-electron chi connectivity index (χ0n) is 21.8. The van der Waals surface area contributed by atoms with Gasteiger partial charge in [-0.1, -0.05) is 23.5 Å². The number of thiazole rings is 1. The summed E-state index contributed by atoms with van der Waals surface area (Å²) in [5.74, 6) is 0.0210. The number of para-hydroxylation sites is 1. The van der Waals surface area contributed by atoms with Crippen LogP contribution in [-0.2, 0) is 9.59 Å². The van der Waals surface area contributed by atoms with Crippen LogP contribution in [0.5, 0.6) is 23.0 Å². The van der Waals surface area contributed by atoms with Crippen molar-refractivity contribution in [3.05, 3.63) is 77.4 Å². The monoisotopic (exact) mass is 546 g/mol. The molecule has 1 saturated heterocycles. The van der Waals surface area contributed by atoms with Crippen LogP contribution < -0.4 is 23.8 Å². The first-order valence-corrected chi connectivity index (χ1v) is 12.9. The molecule has 1 amide bonds. The lowest BCUT2D eigenvalue weighted by atomic mass is 9.94. The highest BCUT2D eigenvalue weighted by molar-refractivity contribution is 7.22. The van der Waals surface area contributed by atoms with Gasteiger partial charge in [-0.05, 0) is 55.5 Å². The molecule has 0 aliphatic carbocycles. The molecular formula is C29H26N2O7S. The molecule has 1 aliphatic rings. The summed E-state index contributed by atoms with van der Waals surface area (Å²) in [5, 5.41) is 11.7. The van der Waals surface area contributed by atoms with E-state index in [0.29, 0.717) is 51.4 Å². The number of rotatable bonds is 8. The molecule has 0 radical (unpaired) electrons. The quantitative estimate of drug-likeness (QED) is 0.179. The molecule has 0 unspecified atom stereocenters. The maximum atomic E-state index is 13.6. The van der Waals surface area contributed by atoms with Crippen LogP contribution in [0.25, 0.3) is 16.0 Å². The van der Waals surface area contributed by atoms with E-state index in [1.54, 1.807) is 61.7 Å². The molecule has 1 N–H and O–H groups in total. The van der Waals surface area contributed by atoms with Gasteiger partial charge in [0.1, 0.15) is 23.3 Å². The van der Waals surface area contributed by atoms with Gasteiger partial charge in [0.15, 0.2) is 16.6 Å². The fourth-order valence-electron chi connectivity index (χ4n) is 4.61. The summed E-state index contributed by atoms with van der Waals surface area (Å²) in [6.07, 6.45) is 0. The first-order chi connectivity index (χ1) is 18.9. The zero-order valence-corrected chi connectivity index (χ0v) is 22.6. The number of ether oxygens (including phenoxy) is 4. The lowest BCUT2D eigenvalue weighted by Crippen LogP contribution is -2.29. The van der Waals surface area contributed by atoms with Gasteiger partial charge in [-0.25, -0.2) is 4.98 Å². The van der Waals surface area contributed by atoms with Crippen molar-refractivity contribution in [1.29, 1.82) is 0 Å². The lowest BCUT2D eigenvalue weighted by molar-refractivity contribution is -0.132. The maximum Gasteiger partial charge on any atom is 0.301 e. The Balaban J connectivity index is 1.74. The number of benzene rings is 3. The minimum absolute atomic E-state index is 0.0902. The number of carbonyl (C=O) groups is 2. The van der Waals surface area contributed by atoms with Crippen LogP contribution in [0.4, 0.5) is 5.13 Å². The van der Waals surface area contributed by atoms with Gasteiger partial charge in [-0.2, -0.15) is 0 Å². The van der Waals surface area contributed by atoms with Crippen molar-refractivity contribution in [2.24, 2.45) is 0 Å². The average Bonchev–Trinajstić information content (AvgIpc) is 3.49. The van der Waals surface area contributed by atoms with Crippen LogP contribution in [0.15, 0.2) is 66.2 Å². The van der Waals surface area contributed by atoms with Crippen molar-refractivity contribution < 1.29 is 33.6 Å². The van der Waals surface area contributed by atoms with E-state index in [9.17, 15) is 14.7 Å². The topological polar surface area (TPSA) is 107 Å². The van der Waals surface area contributed by atoms with Crippen LogP contribution in [0.1, 0.15) is 24.1 Å². The molecule has 5 rings (SSSR count). The lowest BCUT2D eigenvalue weighted by Gasteiger charge is -2.25. The second kappa shape index (κ2) is 10.7. The maximum absolute atomic E-state index is 13.6. The summed E-state index contributed by atoms with van der Waals surface area (Å²) >= 11 is 1.24. The Bertz CT molecular complexity index is 1590. The van der Waals surface area contributed by atoms with Gasteiger partial charge in [-0.3, -0.25) is 14.5 Å². The van der Waals surface area contributed by atoms with Gasteiger partial charge in [0, 0.05) is 11.1 Å². The third-order valence-corrected chi connectivity index (χ3v) is 7.42. The van der Waals surface area contributed by atoms with Crippen LogP contribution in [0, 0.1) is 0 Å². The molecule has 9 nitrogen and oxygen atoms in total. The molecule has 1 atom stereocenters. The van der Waals surface area contributed by atoms with Crippen molar-refractivity contribution in [2.75, 3.05) is 32.8 Å². The van der Waals surface area contributed by atoms with Gasteiger partial charge in [0.05, 0.1) is 43.7 Å². The van der Waals surface area contributed by atoms with Crippen molar-refractivity contribution in [3.8, 4) is 23.0 Å². The number of amides is 1. The highest BCUT2D eigenvalue weighted by atomic mass is 32.1. The molecule has 10 heteroatoms. The molecule has 200 valence electrons. The van der Waals surface area contributed by atoms with E-state index in [-0.39, 0.29) is 11.3 Å². The van der Waals surface area contributed by atoms with E-state index < -0.39 is 17.7 Å². The Labute approximate surface area is 228 Å². The second-order valence-corrected chi connectivity index (χ2v) is 9.55. The largest absolute Gasteiger partial charge is 0.507 e. The Morgan fingerprint density at radius 1 is 0.974 bits per heavy atom. The molecule has 0 spiro atoms. The number of ketones is 1. The van der Waals surface area contributed by atoms with Gasteiger partial charge >= 0.3 is 5.91 Å². The number of nitrogens with zero attached hydrogens (tertiary/aromatic N) is 2. The van der Waals surface area contributed by atoms with E-state index in [4.69, 9.17) is 18.9 Å². The molecule has 4 aromatic rings. The summed E-state index contributed by atoms with van der Waals surface area (Å²) in [4.78, 5) is 33.1. The number of Topliss-reactive ketones (excluding diaryl/α,β-unsaturated/α-hetero) is 1. The van der Waals surface area contributed by atoms with Crippen molar-refractivity contribution in [2.45, 2.75) is 13.0 Å². The zero-order chi connectivity index (χ0) is 27.7. The minimum atomic E-state index is -1.04. The van der Waals surface area contributed by atoms with Crippen LogP contribution >= 0.6 is 11.3 Å². The number of fused-ring (bicyclic) bond motifs is 1. The van der Waals surface area contributed by atoms with Gasteiger partial charge in [0.25, 0.3) is 5.78 Å². The van der Waals surface area contributed by atoms with Crippen molar-refractivity contribution in [3.63, 3.8) is 0 Å². The summed E-state index contributed by atoms with van der Waals surface area (Å²) < 4.78 is 22.8. The number of carbonyl (C=O) groups excluding carboxylic acids is 2. The molecular weight excluding hydrogens is 520 g/mol. The molecule has 39 heavy (non-hydrogen) atoms. The van der Waals surface area contributed by atoms with E-state index in [0.717, 1.165) is 4.70 Å². The Morgan fingerprint density at radius 3 is 2.38 bits per heavy atom. The van der Waals surface area contributed by atoms with Crippen LogP contribution in [0.3, 0.4) is 0 Å². The summed E-state index contributed by atoms with van der Waals surface area (Å²) in [7, 11) is 4.54. The number of methoxy groups -OCH3 is 3. The predicted molar refractivity (Wildman–Crippen MR) is 148 cm³/mol. The second-order valence-electron chi connectivity index (χ2n) is 8.54. The molecule has 1 fully saturated rings. The summed E-state index contributed by atoms with van der Waals surface area (Å²) in [6.45, 7) is 2.36. The fourth-order valence-corrected chi connectivity index (χ4v) is 5.63. The Morgan fingerprint density at radius 2 is 1.72 bits per heavy atom. The molecule has 2 heterocycles. The van der Waals surface area contributed by atoms with E-state index in [1.807, 2.05) is 13.0 Å². The number of anilines is 1. The van der Waals surface area contributed by atoms with E-state index in [1.165, 1.54) is 30.5 Å². The standard InChI is InChI=1S/C29H26N2O7S/c1-5-38-17-11-9-16(10-12-17)25(32)23-24(19-7-6-8-21(36-3)27(19)37-4)31(28(34)26(23)33)29-30-20-14-13-18(35-2)15-22(20)39-29/h6-15,24,32H,5H2,1-4H3/b25-23+/t24-/m1/s1. The first-order valence-electron chi connectivity index (χ1n) is 12.1. The molecule has 1 aromatic heterocycles. The van der Waals surface area contributed by atoms with Gasteiger partial charge in [-0.15, -0.1) is 0 Å². The molecule has 3 aromatic carbocycles. The average molecular weight is 547 g/mol. The Hall–Kier alpha value is -4.57. The smallest absolute Gasteiger partial charge is 0.301 e. The fraction of sp³-hybridized carbons (Fsp3) is 0.207. The summed E-state index contributed by atoms with van der Waals surface area (Å²) in [6, 6.07) is 16.2. The number of aliphatic hydroxyl groups excluding tert-OH is 1. The molecule has 1 aliphatic heterocycles. The molecule has 0 saturated carbocycles. The van der Waals surface area contributed by atoms with Gasteiger partial charge in [0.2, 0.25) is 0 Å². The van der Waals surface area contributed by atoms with Crippen molar-refractivity contribution >= 4 is 44.1 Å². The predicted octanol–water partition coefficient (Wildman–Crippen LogP) is 5.35. The summed E-state index contributed by atoms with van der Waals surface area (Å²) in [5.41, 5.74) is 1.37.